The van der Waals surface area contributed by atoms with Crippen LogP contribution in [0.1, 0.15) is 38.9 Å². The Labute approximate surface area is 120 Å². The average molecular weight is 276 g/mol. The van der Waals surface area contributed by atoms with Gasteiger partial charge in [0.2, 0.25) is 0 Å². The lowest BCUT2D eigenvalue weighted by atomic mass is 10.0. The van der Waals surface area contributed by atoms with Crippen LogP contribution < -0.4 is 0 Å². The quantitative estimate of drug-likeness (QED) is 0.848. The van der Waals surface area contributed by atoms with E-state index in [-0.39, 0.29) is 11.2 Å². The van der Waals surface area contributed by atoms with E-state index in [1.807, 2.05) is 43.6 Å². The number of carbonyl (C=O) groups is 1. The zero-order chi connectivity index (χ0) is 14.4. The van der Waals surface area contributed by atoms with Crippen LogP contribution in [0.15, 0.2) is 42.9 Å². The Morgan fingerprint density at radius 2 is 2.26 bits per heavy atom. The molecule has 0 fully saturated rings. The first-order valence-corrected chi connectivity index (χ1v) is 6.87. The molecule has 0 radical (unpaired) electrons. The molecule has 0 amide bonds. The molecule has 1 aromatic heterocycles. The number of allylic oxidation sites excluding steroid dienone is 5. The molecule has 0 saturated heterocycles. The molecule has 1 aromatic rings. The molecule has 2 rings (SSSR count). The van der Waals surface area contributed by atoms with Gasteiger partial charge in [0.25, 0.3) is 0 Å². The van der Waals surface area contributed by atoms with Crippen molar-refractivity contribution < 1.29 is 4.79 Å². The van der Waals surface area contributed by atoms with Gasteiger partial charge >= 0.3 is 0 Å². The smallest absolute Gasteiger partial charge is 0.188 e. The summed E-state index contributed by atoms with van der Waals surface area (Å²) in [5.74, 6) is 0. The van der Waals surface area contributed by atoms with E-state index in [1.165, 1.54) is 0 Å². The largest absolute Gasteiger partial charge is 0.322 e. The van der Waals surface area contributed by atoms with Crippen LogP contribution in [0, 0.1) is 0 Å². The molecule has 1 aliphatic rings. The standard InChI is InChI=1S/C13H14N2OS.C2H6/c1-3-5-10-9(4-2)12-7-14-8-15(12)11(10)6-13(16)17;1-2/h3-5,7-8,11H,2,6H2,1H3,(H,16,17);1-2H3/b5-3-;. The minimum atomic E-state index is -0.123. The molecule has 0 N–H and O–H groups in total. The van der Waals surface area contributed by atoms with Crippen molar-refractivity contribution in [1.29, 1.82) is 0 Å². The number of fused-ring (bicyclic) bond motifs is 1. The van der Waals surface area contributed by atoms with Gasteiger partial charge in [-0.15, -0.1) is 12.6 Å². The third-order valence-electron chi connectivity index (χ3n) is 2.87. The summed E-state index contributed by atoms with van der Waals surface area (Å²) in [6, 6.07) is -0.0123. The molecule has 0 spiro atoms. The van der Waals surface area contributed by atoms with Crippen LogP contribution in [0.4, 0.5) is 0 Å². The molecule has 0 saturated carbocycles. The van der Waals surface area contributed by atoms with Crippen molar-refractivity contribution in [3.05, 3.63) is 48.6 Å². The number of nitrogens with zero attached hydrogens (tertiary/aromatic N) is 2. The number of imidazole rings is 1. The highest BCUT2D eigenvalue weighted by Gasteiger charge is 2.29. The Morgan fingerprint density at radius 3 is 2.79 bits per heavy atom. The lowest BCUT2D eigenvalue weighted by molar-refractivity contribution is -0.111. The van der Waals surface area contributed by atoms with E-state index in [0.29, 0.717) is 6.42 Å². The maximum atomic E-state index is 11.2. The van der Waals surface area contributed by atoms with Gasteiger partial charge in [-0.05, 0) is 12.5 Å². The molecule has 102 valence electrons. The molecule has 19 heavy (non-hydrogen) atoms. The summed E-state index contributed by atoms with van der Waals surface area (Å²) in [6.07, 6.45) is 9.70. The van der Waals surface area contributed by atoms with E-state index < -0.39 is 0 Å². The van der Waals surface area contributed by atoms with Crippen LogP contribution in [0.25, 0.3) is 5.57 Å². The summed E-state index contributed by atoms with van der Waals surface area (Å²) >= 11 is 3.87. The lowest BCUT2D eigenvalue weighted by Gasteiger charge is -2.13. The molecule has 0 bridgehead atoms. The molecule has 4 heteroatoms. The van der Waals surface area contributed by atoms with Crippen LogP contribution in [-0.2, 0) is 4.79 Å². The van der Waals surface area contributed by atoms with Gasteiger partial charge in [0.05, 0.1) is 24.3 Å². The molecular weight excluding hydrogens is 256 g/mol. The first-order valence-electron chi connectivity index (χ1n) is 6.42. The van der Waals surface area contributed by atoms with Gasteiger partial charge in [-0.25, -0.2) is 4.98 Å². The Bertz CT molecular complexity index is 526. The summed E-state index contributed by atoms with van der Waals surface area (Å²) in [6.45, 7) is 9.79. The van der Waals surface area contributed by atoms with Crippen molar-refractivity contribution in [2.24, 2.45) is 0 Å². The number of rotatable bonds is 4. The molecule has 1 aliphatic heterocycles. The third kappa shape index (κ3) is 3.07. The van der Waals surface area contributed by atoms with E-state index in [4.69, 9.17) is 0 Å². The van der Waals surface area contributed by atoms with Gasteiger partial charge in [0.1, 0.15) is 0 Å². The fourth-order valence-corrected chi connectivity index (χ4v) is 2.39. The Balaban J connectivity index is 0.000000861. The number of hydrogen-bond donors (Lipinski definition) is 1. The SMILES string of the molecule is C=CC1=C(/C=C\C)C(CC(=O)S)n2cncc21.CC. The zero-order valence-corrected chi connectivity index (χ0v) is 12.5. The predicted octanol–water partition coefficient (Wildman–Crippen LogP) is 3.83. The second-order valence-corrected chi connectivity index (χ2v) is 4.37. The van der Waals surface area contributed by atoms with Crippen LogP contribution in [0.5, 0.6) is 0 Å². The Kier molecular flexibility index (Phi) is 5.83. The van der Waals surface area contributed by atoms with Gasteiger partial charge in [0, 0.05) is 12.0 Å². The molecule has 0 aliphatic carbocycles. The van der Waals surface area contributed by atoms with E-state index in [2.05, 4.69) is 24.2 Å². The summed E-state index contributed by atoms with van der Waals surface area (Å²) in [4.78, 5) is 15.3. The maximum Gasteiger partial charge on any atom is 0.188 e. The summed E-state index contributed by atoms with van der Waals surface area (Å²) in [5, 5.41) is -0.123. The molecule has 3 nitrogen and oxygen atoms in total. The molecular formula is C15H20N2OS. The first-order chi connectivity index (χ1) is 9.19. The second kappa shape index (κ2) is 7.14. The Morgan fingerprint density at radius 1 is 1.58 bits per heavy atom. The Hall–Kier alpha value is -1.55. The van der Waals surface area contributed by atoms with E-state index in [9.17, 15) is 4.79 Å². The number of hydrogen-bond acceptors (Lipinski definition) is 2. The summed E-state index contributed by atoms with van der Waals surface area (Å²) in [7, 11) is 0. The number of thiol groups is 1. The minimum absolute atomic E-state index is 0.0123. The van der Waals surface area contributed by atoms with Crippen LogP contribution >= 0.6 is 12.6 Å². The van der Waals surface area contributed by atoms with E-state index in [1.54, 1.807) is 12.5 Å². The molecule has 2 heterocycles. The minimum Gasteiger partial charge on any atom is -0.322 e. The highest BCUT2D eigenvalue weighted by molar-refractivity contribution is 7.96. The van der Waals surface area contributed by atoms with Crippen molar-refractivity contribution in [2.75, 3.05) is 0 Å². The van der Waals surface area contributed by atoms with Crippen LogP contribution in [0.2, 0.25) is 0 Å². The van der Waals surface area contributed by atoms with Crippen molar-refractivity contribution in [3.63, 3.8) is 0 Å². The van der Waals surface area contributed by atoms with Crippen molar-refractivity contribution in [1.82, 2.24) is 9.55 Å². The lowest BCUT2D eigenvalue weighted by Crippen LogP contribution is -2.09. The van der Waals surface area contributed by atoms with E-state index in [0.717, 1.165) is 16.8 Å². The molecule has 0 aromatic carbocycles. The van der Waals surface area contributed by atoms with Gasteiger partial charge < -0.3 is 4.57 Å². The predicted molar refractivity (Wildman–Crippen MR) is 83.2 cm³/mol. The number of aromatic nitrogens is 2. The highest BCUT2D eigenvalue weighted by Crippen LogP contribution is 2.39. The van der Waals surface area contributed by atoms with Gasteiger partial charge in [-0.2, -0.15) is 0 Å². The fraction of sp³-hybridized carbons (Fsp3) is 0.333. The zero-order valence-electron chi connectivity index (χ0n) is 11.6. The second-order valence-electron chi connectivity index (χ2n) is 3.87. The average Bonchev–Trinajstić information content (AvgIpc) is 2.95. The monoisotopic (exact) mass is 276 g/mol. The number of carbonyl (C=O) groups excluding carboxylic acids is 1. The van der Waals surface area contributed by atoms with Crippen LogP contribution in [0.3, 0.4) is 0 Å². The van der Waals surface area contributed by atoms with Crippen molar-refractivity contribution in [2.45, 2.75) is 33.2 Å². The highest BCUT2D eigenvalue weighted by atomic mass is 32.1. The van der Waals surface area contributed by atoms with E-state index >= 15 is 0 Å². The maximum absolute atomic E-state index is 11.2. The third-order valence-corrected chi connectivity index (χ3v) is 3.05. The van der Waals surface area contributed by atoms with Crippen molar-refractivity contribution >= 4 is 23.3 Å². The van der Waals surface area contributed by atoms with Crippen molar-refractivity contribution in [3.8, 4) is 0 Å². The van der Waals surface area contributed by atoms with Crippen LogP contribution in [-0.4, -0.2) is 14.7 Å². The van der Waals surface area contributed by atoms with Gasteiger partial charge in [-0.1, -0.05) is 38.7 Å². The van der Waals surface area contributed by atoms with Gasteiger partial charge in [0.15, 0.2) is 5.12 Å². The fourth-order valence-electron chi connectivity index (χ4n) is 2.22. The first kappa shape index (κ1) is 15.5. The summed E-state index contributed by atoms with van der Waals surface area (Å²) in [5.41, 5.74) is 3.15. The molecule has 1 unspecified atom stereocenters. The molecule has 1 atom stereocenters. The summed E-state index contributed by atoms with van der Waals surface area (Å²) < 4.78 is 2.00. The van der Waals surface area contributed by atoms with Gasteiger partial charge in [-0.3, -0.25) is 4.79 Å². The normalized spacial score (nSPS) is 17.2. The topological polar surface area (TPSA) is 34.9 Å².